The van der Waals surface area contributed by atoms with Crippen LogP contribution in [0.25, 0.3) is 0 Å². The van der Waals surface area contributed by atoms with Crippen molar-refractivity contribution in [2.75, 3.05) is 18.0 Å². The van der Waals surface area contributed by atoms with Crippen LogP contribution in [0.5, 0.6) is 0 Å². The molecule has 0 saturated carbocycles. The molecule has 0 aliphatic rings. The van der Waals surface area contributed by atoms with Gasteiger partial charge in [-0.25, -0.2) is 9.37 Å². The zero-order valence-electron chi connectivity index (χ0n) is 12.8. The number of nitrogens with zero attached hydrogens (tertiary/aromatic N) is 2. The summed E-state index contributed by atoms with van der Waals surface area (Å²) >= 11 is 1.62. The number of hydrogen-bond donors (Lipinski definition) is 1. The van der Waals surface area contributed by atoms with E-state index < -0.39 is 0 Å². The summed E-state index contributed by atoms with van der Waals surface area (Å²) in [7, 11) is 0. The second-order valence-electron chi connectivity index (χ2n) is 4.95. The lowest BCUT2D eigenvalue weighted by Crippen LogP contribution is -2.20. The highest BCUT2D eigenvalue weighted by Gasteiger charge is 2.14. The van der Waals surface area contributed by atoms with Gasteiger partial charge in [0.15, 0.2) is 5.13 Å². The van der Waals surface area contributed by atoms with Crippen LogP contribution in [0.4, 0.5) is 15.2 Å². The molecule has 1 aromatic heterocycles. The van der Waals surface area contributed by atoms with Gasteiger partial charge in [0, 0.05) is 23.7 Å². The minimum atomic E-state index is -0.216. The number of thiazole rings is 1. The fraction of sp³-hybridized carbons (Fsp3) is 0.438. The number of anilines is 2. The molecule has 0 radical (unpaired) electrons. The van der Waals surface area contributed by atoms with E-state index in [4.69, 9.17) is 4.98 Å². The maximum atomic E-state index is 13.0. The Balaban J connectivity index is 2.16. The van der Waals surface area contributed by atoms with Gasteiger partial charge in [-0.05, 0) is 51.1 Å². The van der Waals surface area contributed by atoms with E-state index in [1.165, 1.54) is 12.1 Å². The number of benzene rings is 1. The van der Waals surface area contributed by atoms with Gasteiger partial charge in [0.1, 0.15) is 5.82 Å². The molecule has 5 heteroatoms. The Morgan fingerprint density at radius 2 is 2.00 bits per heavy atom. The molecule has 0 bridgehead atoms. The van der Waals surface area contributed by atoms with E-state index in [-0.39, 0.29) is 11.9 Å². The van der Waals surface area contributed by atoms with Gasteiger partial charge in [-0.1, -0.05) is 6.92 Å². The zero-order valence-corrected chi connectivity index (χ0v) is 13.6. The summed E-state index contributed by atoms with van der Waals surface area (Å²) in [6, 6.07) is 6.80. The lowest BCUT2D eigenvalue weighted by molar-refractivity contribution is 0.561. The van der Waals surface area contributed by atoms with E-state index in [0.29, 0.717) is 0 Å². The summed E-state index contributed by atoms with van der Waals surface area (Å²) in [5, 5.41) is 6.48. The molecule has 0 amide bonds. The van der Waals surface area contributed by atoms with E-state index in [9.17, 15) is 4.39 Å². The summed E-state index contributed by atoms with van der Waals surface area (Å²) in [5.74, 6) is -0.216. The molecular weight excluding hydrogens is 285 g/mol. The predicted molar refractivity (Wildman–Crippen MR) is 87.9 cm³/mol. The normalized spacial score (nSPS) is 12.4. The highest BCUT2D eigenvalue weighted by Crippen LogP contribution is 2.30. The molecule has 1 heterocycles. The van der Waals surface area contributed by atoms with Crippen molar-refractivity contribution in [1.82, 2.24) is 10.3 Å². The Bertz CT molecular complexity index is 553. The molecule has 0 fully saturated rings. The number of aromatic nitrogens is 1. The first-order chi connectivity index (χ1) is 10.2. The maximum absolute atomic E-state index is 13.0. The Hall–Kier alpha value is -1.46. The molecule has 114 valence electrons. The quantitative estimate of drug-likeness (QED) is 0.816. The van der Waals surface area contributed by atoms with Crippen LogP contribution in [-0.4, -0.2) is 18.1 Å². The van der Waals surface area contributed by atoms with E-state index in [1.807, 2.05) is 0 Å². The summed E-state index contributed by atoms with van der Waals surface area (Å²) < 4.78 is 13.0. The molecule has 2 aromatic rings. The van der Waals surface area contributed by atoms with Crippen LogP contribution >= 0.6 is 11.3 Å². The third-order valence-electron chi connectivity index (χ3n) is 3.34. The number of rotatable bonds is 7. The third-order valence-corrected chi connectivity index (χ3v) is 4.22. The molecule has 1 atom stereocenters. The molecule has 1 unspecified atom stereocenters. The summed E-state index contributed by atoms with van der Waals surface area (Å²) in [6.45, 7) is 8.14. The molecular formula is C16H22FN3S. The first-order valence-corrected chi connectivity index (χ1v) is 8.25. The van der Waals surface area contributed by atoms with Crippen molar-refractivity contribution in [2.24, 2.45) is 0 Å². The standard InChI is InChI=1S/C16H22FN3S/c1-4-10-18-12(3)15-11-21-16(19-15)20(5-2)14-8-6-13(17)7-9-14/h6-9,11-12,18H,4-5,10H2,1-3H3. The highest BCUT2D eigenvalue weighted by atomic mass is 32.1. The average molecular weight is 307 g/mol. The van der Waals surface area contributed by atoms with Crippen LogP contribution in [0.15, 0.2) is 29.6 Å². The van der Waals surface area contributed by atoms with Crippen molar-refractivity contribution in [1.29, 1.82) is 0 Å². The predicted octanol–water partition coefficient (Wildman–Crippen LogP) is 4.50. The van der Waals surface area contributed by atoms with Crippen molar-refractivity contribution in [3.63, 3.8) is 0 Å². The molecule has 0 aliphatic carbocycles. The minimum Gasteiger partial charge on any atom is -0.318 e. The summed E-state index contributed by atoms with van der Waals surface area (Å²) in [5.41, 5.74) is 2.03. The van der Waals surface area contributed by atoms with Gasteiger partial charge in [-0.15, -0.1) is 11.3 Å². The van der Waals surface area contributed by atoms with Gasteiger partial charge in [0.05, 0.1) is 5.69 Å². The summed E-state index contributed by atoms with van der Waals surface area (Å²) in [4.78, 5) is 6.82. The molecule has 1 N–H and O–H groups in total. The molecule has 21 heavy (non-hydrogen) atoms. The van der Waals surface area contributed by atoms with Crippen LogP contribution in [-0.2, 0) is 0 Å². The van der Waals surface area contributed by atoms with Crippen LogP contribution in [0.3, 0.4) is 0 Å². The summed E-state index contributed by atoms with van der Waals surface area (Å²) in [6.07, 6.45) is 1.11. The van der Waals surface area contributed by atoms with Gasteiger partial charge in [-0.3, -0.25) is 0 Å². The number of hydrogen-bond acceptors (Lipinski definition) is 4. The van der Waals surface area contributed by atoms with Gasteiger partial charge in [0.2, 0.25) is 0 Å². The Labute approximate surface area is 129 Å². The molecule has 0 saturated heterocycles. The average Bonchev–Trinajstić information content (AvgIpc) is 2.97. The van der Waals surface area contributed by atoms with Crippen molar-refractivity contribution in [2.45, 2.75) is 33.2 Å². The largest absolute Gasteiger partial charge is 0.318 e. The van der Waals surface area contributed by atoms with Crippen molar-refractivity contribution >= 4 is 22.2 Å². The second-order valence-corrected chi connectivity index (χ2v) is 5.79. The van der Waals surface area contributed by atoms with Crippen LogP contribution in [0.2, 0.25) is 0 Å². The van der Waals surface area contributed by atoms with E-state index in [1.54, 1.807) is 23.5 Å². The fourth-order valence-electron chi connectivity index (χ4n) is 2.11. The van der Waals surface area contributed by atoms with Crippen molar-refractivity contribution < 1.29 is 4.39 Å². The van der Waals surface area contributed by atoms with E-state index in [2.05, 4.69) is 36.4 Å². The smallest absolute Gasteiger partial charge is 0.190 e. The molecule has 0 spiro atoms. The van der Waals surface area contributed by atoms with Gasteiger partial charge < -0.3 is 10.2 Å². The fourth-order valence-corrected chi connectivity index (χ4v) is 3.12. The topological polar surface area (TPSA) is 28.2 Å². The van der Waals surface area contributed by atoms with Crippen LogP contribution in [0.1, 0.15) is 38.9 Å². The van der Waals surface area contributed by atoms with Crippen molar-refractivity contribution in [3.05, 3.63) is 41.2 Å². The third kappa shape index (κ3) is 4.02. The van der Waals surface area contributed by atoms with E-state index >= 15 is 0 Å². The van der Waals surface area contributed by atoms with Gasteiger partial charge in [0.25, 0.3) is 0 Å². The highest BCUT2D eigenvalue weighted by molar-refractivity contribution is 7.13. The SMILES string of the molecule is CCCNC(C)c1csc(N(CC)c2ccc(F)cc2)n1. The first kappa shape index (κ1) is 15.9. The van der Waals surface area contributed by atoms with Crippen LogP contribution < -0.4 is 10.2 Å². The van der Waals surface area contributed by atoms with Gasteiger partial charge in [-0.2, -0.15) is 0 Å². The lowest BCUT2D eigenvalue weighted by Gasteiger charge is -2.20. The van der Waals surface area contributed by atoms with E-state index in [0.717, 1.165) is 36.0 Å². The molecule has 2 rings (SSSR count). The number of halogens is 1. The second kappa shape index (κ2) is 7.52. The molecule has 0 aliphatic heterocycles. The molecule has 1 aromatic carbocycles. The van der Waals surface area contributed by atoms with Gasteiger partial charge >= 0.3 is 0 Å². The monoisotopic (exact) mass is 307 g/mol. The molecule has 3 nitrogen and oxygen atoms in total. The number of nitrogens with one attached hydrogen (secondary N) is 1. The Morgan fingerprint density at radius 3 is 2.62 bits per heavy atom. The maximum Gasteiger partial charge on any atom is 0.190 e. The Kier molecular flexibility index (Phi) is 5.70. The first-order valence-electron chi connectivity index (χ1n) is 7.37. The zero-order chi connectivity index (χ0) is 15.2. The van der Waals surface area contributed by atoms with Crippen LogP contribution in [0, 0.1) is 5.82 Å². The van der Waals surface area contributed by atoms with Crippen molar-refractivity contribution in [3.8, 4) is 0 Å². The lowest BCUT2D eigenvalue weighted by atomic mass is 10.2. The minimum absolute atomic E-state index is 0.216. The Morgan fingerprint density at radius 1 is 1.29 bits per heavy atom.